The fraction of sp³-hybridized carbons (Fsp3) is 0.667. The summed E-state index contributed by atoms with van der Waals surface area (Å²) < 4.78 is 11.5. The minimum absolute atomic E-state index is 0.139. The van der Waals surface area contributed by atoms with Crippen LogP contribution in [0.15, 0.2) is 24.3 Å². The highest BCUT2D eigenvalue weighted by molar-refractivity contribution is 5.78. The molecule has 26 heavy (non-hydrogen) atoms. The van der Waals surface area contributed by atoms with Crippen LogP contribution in [0.3, 0.4) is 0 Å². The van der Waals surface area contributed by atoms with Crippen molar-refractivity contribution < 1.29 is 14.3 Å². The van der Waals surface area contributed by atoms with Crippen molar-refractivity contribution in [1.82, 2.24) is 9.80 Å². The van der Waals surface area contributed by atoms with Crippen LogP contribution < -0.4 is 4.74 Å². The van der Waals surface area contributed by atoms with Crippen LogP contribution in [-0.4, -0.2) is 67.7 Å². The predicted molar refractivity (Wildman–Crippen MR) is 103 cm³/mol. The molecule has 144 valence electrons. The molecule has 5 nitrogen and oxygen atoms in total. The second-order valence-electron chi connectivity index (χ2n) is 7.30. The molecule has 0 radical (unpaired) electrons. The number of carbonyl (C=O) groups excluding carboxylic acids is 1. The Balaban J connectivity index is 1.53. The van der Waals surface area contributed by atoms with E-state index in [1.54, 1.807) is 0 Å². The number of amides is 1. The van der Waals surface area contributed by atoms with Crippen molar-refractivity contribution in [1.29, 1.82) is 0 Å². The molecule has 2 fully saturated rings. The summed E-state index contributed by atoms with van der Waals surface area (Å²) in [6.07, 6.45) is 5.42. The van der Waals surface area contributed by atoms with Gasteiger partial charge in [0.05, 0.1) is 19.1 Å². The van der Waals surface area contributed by atoms with Crippen molar-refractivity contribution >= 4 is 5.91 Å². The van der Waals surface area contributed by atoms with Crippen molar-refractivity contribution in [3.8, 4) is 5.75 Å². The summed E-state index contributed by atoms with van der Waals surface area (Å²) in [5, 5.41) is 0. The third-order valence-electron chi connectivity index (χ3n) is 5.20. The van der Waals surface area contributed by atoms with Gasteiger partial charge >= 0.3 is 0 Å². The van der Waals surface area contributed by atoms with Gasteiger partial charge in [-0.25, -0.2) is 0 Å². The van der Waals surface area contributed by atoms with E-state index in [2.05, 4.69) is 4.90 Å². The largest absolute Gasteiger partial charge is 0.494 e. The fourth-order valence-electron chi connectivity index (χ4n) is 3.82. The molecule has 0 N–H and O–H groups in total. The molecule has 0 aliphatic carbocycles. The topological polar surface area (TPSA) is 42.0 Å². The Labute approximate surface area is 157 Å². The first-order chi connectivity index (χ1) is 12.7. The zero-order chi connectivity index (χ0) is 18.2. The zero-order valence-electron chi connectivity index (χ0n) is 16.0. The number of nitrogens with zero attached hydrogens (tertiary/aromatic N) is 2. The van der Waals surface area contributed by atoms with Crippen molar-refractivity contribution in [3.05, 3.63) is 29.8 Å². The summed E-state index contributed by atoms with van der Waals surface area (Å²) in [4.78, 5) is 17.3. The molecule has 1 atom stereocenters. The van der Waals surface area contributed by atoms with Gasteiger partial charge in [0.25, 0.3) is 0 Å². The van der Waals surface area contributed by atoms with E-state index in [-0.39, 0.29) is 12.0 Å². The molecule has 5 heteroatoms. The van der Waals surface area contributed by atoms with Crippen LogP contribution in [0.5, 0.6) is 5.75 Å². The first-order valence-corrected chi connectivity index (χ1v) is 10.1. The number of carbonyl (C=O) groups is 1. The summed E-state index contributed by atoms with van der Waals surface area (Å²) in [6.45, 7) is 8.18. The van der Waals surface area contributed by atoms with Crippen molar-refractivity contribution in [2.45, 2.75) is 45.1 Å². The van der Waals surface area contributed by atoms with E-state index in [0.29, 0.717) is 19.6 Å². The van der Waals surface area contributed by atoms with Crippen LogP contribution in [0.25, 0.3) is 0 Å². The second kappa shape index (κ2) is 9.93. The molecule has 0 saturated carbocycles. The lowest BCUT2D eigenvalue weighted by Crippen LogP contribution is -2.44. The van der Waals surface area contributed by atoms with Crippen molar-refractivity contribution in [2.24, 2.45) is 0 Å². The summed E-state index contributed by atoms with van der Waals surface area (Å²) in [5.41, 5.74) is 1.04. The summed E-state index contributed by atoms with van der Waals surface area (Å²) in [7, 11) is 0. The highest BCUT2D eigenvalue weighted by atomic mass is 16.5. The third-order valence-corrected chi connectivity index (χ3v) is 5.20. The minimum Gasteiger partial charge on any atom is -0.494 e. The van der Waals surface area contributed by atoms with E-state index in [0.717, 1.165) is 37.4 Å². The Morgan fingerprint density at radius 2 is 1.88 bits per heavy atom. The van der Waals surface area contributed by atoms with Crippen LogP contribution in [0, 0.1) is 0 Å². The van der Waals surface area contributed by atoms with Gasteiger partial charge in [-0.2, -0.15) is 0 Å². The molecule has 0 bridgehead atoms. The SMILES string of the molecule is CCOc1ccc(CC(=O)N2CCCO[C@@H](CN3CCCCC3)C2)cc1. The molecule has 2 heterocycles. The fourth-order valence-corrected chi connectivity index (χ4v) is 3.82. The molecule has 0 spiro atoms. The van der Waals surface area contributed by atoms with Gasteiger partial charge in [0.1, 0.15) is 5.75 Å². The molecule has 0 unspecified atom stereocenters. The lowest BCUT2D eigenvalue weighted by Gasteiger charge is -2.31. The molecular weight excluding hydrogens is 328 g/mol. The minimum atomic E-state index is 0.139. The van der Waals surface area contributed by atoms with Gasteiger partial charge < -0.3 is 19.3 Å². The normalized spacial score (nSPS) is 22.0. The quantitative estimate of drug-likeness (QED) is 0.782. The number of ether oxygens (including phenoxy) is 2. The van der Waals surface area contributed by atoms with E-state index in [4.69, 9.17) is 9.47 Å². The van der Waals surface area contributed by atoms with E-state index in [1.165, 1.54) is 32.4 Å². The smallest absolute Gasteiger partial charge is 0.227 e. The van der Waals surface area contributed by atoms with Crippen LogP contribution in [0.1, 0.15) is 38.2 Å². The highest BCUT2D eigenvalue weighted by Crippen LogP contribution is 2.16. The molecule has 2 aliphatic heterocycles. The van der Waals surface area contributed by atoms with Gasteiger partial charge in [0, 0.05) is 26.2 Å². The Morgan fingerprint density at radius 1 is 1.12 bits per heavy atom. The van der Waals surface area contributed by atoms with Crippen LogP contribution in [-0.2, 0) is 16.0 Å². The zero-order valence-corrected chi connectivity index (χ0v) is 16.0. The molecule has 1 aromatic rings. The Kier molecular flexibility index (Phi) is 7.32. The van der Waals surface area contributed by atoms with Gasteiger partial charge in [0.15, 0.2) is 0 Å². The Bertz CT molecular complexity index is 555. The Morgan fingerprint density at radius 3 is 2.62 bits per heavy atom. The van der Waals surface area contributed by atoms with Crippen LogP contribution in [0.4, 0.5) is 0 Å². The van der Waals surface area contributed by atoms with E-state index in [1.807, 2.05) is 36.1 Å². The average Bonchev–Trinajstić information content (AvgIpc) is 2.90. The lowest BCUT2D eigenvalue weighted by atomic mass is 10.1. The molecule has 1 amide bonds. The molecule has 3 rings (SSSR count). The number of piperidine rings is 1. The van der Waals surface area contributed by atoms with Crippen molar-refractivity contribution in [2.75, 3.05) is 45.9 Å². The average molecular weight is 360 g/mol. The standard InChI is InChI=1S/C21H32N2O3/c1-2-25-19-9-7-18(8-10-19)15-21(24)23-13-6-14-26-20(17-23)16-22-11-4-3-5-12-22/h7-10,20H,2-6,11-17H2,1H3/t20-/m0/s1. The molecule has 0 aromatic heterocycles. The summed E-state index contributed by atoms with van der Waals surface area (Å²) in [5.74, 6) is 1.05. The molecule has 2 saturated heterocycles. The third kappa shape index (κ3) is 5.71. The maximum Gasteiger partial charge on any atom is 0.227 e. The van der Waals surface area contributed by atoms with Crippen LogP contribution >= 0.6 is 0 Å². The van der Waals surface area contributed by atoms with Gasteiger partial charge in [-0.15, -0.1) is 0 Å². The maximum absolute atomic E-state index is 12.8. The number of hydrogen-bond acceptors (Lipinski definition) is 4. The molecule has 1 aromatic carbocycles. The lowest BCUT2D eigenvalue weighted by molar-refractivity contribution is -0.131. The number of likely N-dealkylation sites (tertiary alicyclic amines) is 1. The van der Waals surface area contributed by atoms with Gasteiger partial charge in [0.2, 0.25) is 5.91 Å². The highest BCUT2D eigenvalue weighted by Gasteiger charge is 2.25. The maximum atomic E-state index is 12.8. The first-order valence-electron chi connectivity index (χ1n) is 10.1. The number of benzene rings is 1. The first kappa shape index (κ1) is 19.2. The van der Waals surface area contributed by atoms with Gasteiger partial charge in [-0.05, 0) is 57.0 Å². The predicted octanol–water partition coefficient (Wildman–Crippen LogP) is 2.73. The summed E-state index contributed by atoms with van der Waals surface area (Å²) >= 11 is 0. The van der Waals surface area contributed by atoms with Crippen molar-refractivity contribution in [3.63, 3.8) is 0 Å². The number of hydrogen-bond donors (Lipinski definition) is 0. The van der Waals surface area contributed by atoms with Crippen LogP contribution in [0.2, 0.25) is 0 Å². The molecule has 2 aliphatic rings. The monoisotopic (exact) mass is 360 g/mol. The van der Waals surface area contributed by atoms with E-state index >= 15 is 0 Å². The second-order valence-corrected chi connectivity index (χ2v) is 7.30. The van der Waals surface area contributed by atoms with E-state index in [9.17, 15) is 4.79 Å². The number of rotatable bonds is 6. The van der Waals surface area contributed by atoms with E-state index < -0.39 is 0 Å². The summed E-state index contributed by atoms with van der Waals surface area (Å²) in [6, 6.07) is 7.86. The molecular formula is C21H32N2O3. The Hall–Kier alpha value is -1.59. The van der Waals surface area contributed by atoms with Gasteiger partial charge in [-0.1, -0.05) is 18.6 Å². The van der Waals surface area contributed by atoms with Gasteiger partial charge in [-0.3, -0.25) is 4.79 Å².